The Morgan fingerprint density at radius 3 is 2.27 bits per heavy atom. The number of nitrogens with one attached hydrogen (secondary N) is 2. The number of anilines is 1. The van der Waals surface area contributed by atoms with Gasteiger partial charge in [-0.25, -0.2) is 10.5 Å². The molecule has 0 saturated carbocycles. The molecule has 2 amide bonds. The van der Waals surface area contributed by atoms with E-state index >= 15 is 0 Å². The lowest BCUT2D eigenvalue weighted by atomic mass is 10.1. The third-order valence-electron chi connectivity index (χ3n) is 4.87. The third-order valence-corrected chi connectivity index (χ3v) is 4.87. The predicted octanol–water partition coefficient (Wildman–Crippen LogP) is 0.306. The summed E-state index contributed by atoms with van der Waals surface area (Å²) >= 11 is 0. The van der Waals surface area contributed by atoms with Gasteiger partial charge in [-0.1, -0.05) is 11.8 Å². The molecule has 33 heavy (non-hydrogen) atoms. The highest BCUT2D eigenvalue weighted by Crippen LogP contribution is 2.12. The Bertz CT molecular complexity index is 1090. The van der Waals surface area contributed by atoms with Gasteiger partial charge in [0.25, 0.3) is 11.8 Å². The number of amides is 2. The summed E-state index contributed by atoms with van der Waals surface area (Å²) in [5.41, 5.74) is 3.10. The number of carbonyl (C=O) groups excluding carboxylic acids is 2. The second-order valence-electron chi connectivity index (χ2n) is 7.25. The average molecular weight is 448 g/mol. The van der Waals surface area contributed by atoms with E-state index in [1.165, 1.54) is 24.5 Å². The minimum atomic E-state index is -1.28. The number of aromatic nitrogens is 1. The molecule has 2 aromatic rings. The van der Waals surface area contributed by atoms with Gasteiger partial charge in [0.2, 0.25) is 0 Å². The molecule has 1 saturated heterocycles. The van der Waals surface area contributed by atoms with Crippen LogP contribution in [0.5, 0.6) is 0 Å². The fourth-order valence-corrected chi connectivity index (χ4v) is 3.05. The van der Waals surface area contributed by atoms with Crippen LogP contribution >= 0.6 is 0 Å². The molecule has 2 unspecified atom stereocenters. The number of benzene rings is 1. The van der Waals surface area contributed by atoms with Gasteiger partial charge < -0.3 is 20.1 Å². The molecule has 2 heterocycles. The van der Waals surface area contributed by atoms with Crippen molar-refractivity contribution in [2.45, 2.75) is 19.1 Å². The molecular formula is C24H24N4O5. The Morgan fingerprint density at radius 2 is 1.70 bits per heavy atom. The van der Waals surface area contributed by atoms with Gasteiger partial charge in [0, 0.05) is 36.0 Å². The number of hydroxylamine groups is 1. The van der Waals surface area contributed by atoms with Crippen LogP contribution in [0, 0.1) is 23.7 Å². The van der Waals surface area contributed by atoms with E-state index in [1.807, 2.05) is 12.1 Å². The summed E-state index contributed by atoms with van der Waals surface area (Å²) in [6.07, 6.45) is 0.528. The lowest BCUT2D eigenvalue weighted by Crippen LogP contribution is -2.51. The molecule has 3 rings (SSSR count). The van der Waals surface area contributed by atoms with E-state index in [9.17, 15) is 14.7 Å². The van der Waals surface area contributed by atoms with E-state index < -0.39 is 24.0 Å². The number of ether oxygens (including phenoxy) is 1. The zero-order chi connectivity index (χ0) is 23.6. The van der Waals surface area contributed by atoms with Crippen molar-refractivity contribution in [2.75, 3.05) is 31.2 Å². The zero-order valence-electron chi connectivity index (χ0n) is 18.0. The minimum Gasteiger partial charge on any atom is -0.391 e. The molecule has 9 nitrogen and oxygen atoms in total. The first-order valence-corrected chi connectivity index (χ1v) is 10.3. The fraction of sp³-hybridized carbons (Fsp3) is 0.292. The average Bonchev–Trinajstić information content (AvgIpc) is 2.85. The first-order valence-electron chi connectivity index (χ1n) is 10.3. The minimum absolute atomic E-state index is 0.273. The van der Waals surface area contributed by atoms with Crippen LogP contribution in [0.3, 0.4) is 0 Å². The standard InChI is InChI=1S/C24H24N4O5/c1-17(29)22(24(31)27-32)26-23(30)20-9-6-18(7-10-20)4-2-3-5-19-8-11-21(25-16-19)28-12-14-33-15-13-28/h6-11,16-17,22,29,32H,12-15H2,1H3,(H,26,30)(H,27,31). The first kappa shape index (κ1) is 23.8. The number of morpholine rings is 1. The Morgan fingerprint density at radius 1 is 1.06 bits per heavy atom. The van der Waals surface area contributed by atoms with Gasteiger partial charge >= 0.3 is 0 Å². The van der Waals surface area contributed by atoms with Crippen molar-refractivity contribution >= 4 is 17.6 Å². The van der Waals surface area contributed by atoms with E-state index in [2.05, 4.69) is 38.9 Å². The van der Waals surface area contributed by atoms with Crippen molar-refractivity contribution in [1.29, 1.82) is 0 Å². The van der Waals surface area contributed by atoms with Gasteiger partial charge in [0.05, 0.1) is 19.3 Å². The first-order chi connectivity index (χ1) is 16.0. The molecular weight excluding hydrogens is 424 g/mol. The highest BCUT2D eigenvalue weighted by Gasteiger charge is 2.25. The largest absolute Gasteiger partial charge is 0.391 e. The van der Waals surface area contributed by atoms with E-state index in [1.54, 1.807) is 18.3 Å². The maximum Gasteiger partial charge on any atom is 0.268 e. The number of rotatable bonds is 5. The van der Waals surface area contributed by atoms with Crippen LogP contribution in [-0.2, 0) is 9.53 Å². The second-order valence-corrected chi connectivity index (χ2v) is 7.25. The smallest absolute Gasteiger partial charge is 0.268 e. The molecule has 0 spiro atoms. The molecule has 1 aliphatic rings. The van der Waals surface area contributed by atoms with E-state index in [-0.39, 0.29) is 5.56 Å². The van der Waals surface area contributed by atoms with Crippen LogP contribution in [0.15, 0.2) is 42.6 Å². The molecule has 0 radical (unpaired) electrons. The fourth-order valence-electron chi connectivity index (χ4n) is 3.05. The van der Waals surface area contributed by atoms with Crippen molar-refractivity contribution < 1.29 is 24.6 Å². The summed E-state index contributed by atoms with van der Waals surface area (Å²) in [6.45, 7) is 4.38. The van der Waals surface area contributed by atoms with Crippen molar-refractivity contribution in [3.05, 3.63) is 59.3 Å². The molecule has 0 aliphatic carbocycles. The number of carbonyl (C=O) groups is 2. The van der Waals surface area contributed by atoms with Gasteiger partial charge in [-0.3, -0.25) is 14.8 Å². The number of hydrogen-bond acceptors (Lipinski definition) is 7. The van der Waals surface area contributed by atoms with Crippen LogP contribution in [0.25, 0.3) is 0 Å². The topological polar surface area (TPSA) is 124 Å². The van der Waals surface area contributed by atoms with Crippen molar-refractivity contribution in [3.8, 4) is 23.7 Å². The maximum atomic E-state index is 12.3. The Labute approximate surface area is 191 Å². The highest BCUT2D eigenvalue weighted by molar-refractivity contribution is 5.97. The third kappa shape index (κ3) is 6.79. The van der Waals surface area contributed by atoms with Gasteiger partial charge in [-0.05, 0) is 55.2 Å². The van der Waals surface area contributed by atoms with Crippen LogP contribution in [0.2, 0.25) is 0 Å². The summed E-state index contributed by atoms with van der Waals surface area (Å²) in [7, 11) is 0. The molecule has 2 atom stereocenters. The summed E-state index contributed by atoms with van der Waals surface area (Å²) in [5, 5.41) is 20.7. The molecule has 1 aromatic carbocycles. The number of aliphatic hydroxyl groups is 1. The van der Waals surface area contributed by atoms with Crippen molar-refractivity contribution in [1.82, 2.24) is 15.8 Å². The SMILES string of the molecule is CC(O)C(NC(=O)c1ccc(C#CC#Cc2ccc(N3CCOCC3)nc2)cc1)C(=O)NO. The van der Waals surface area contributed by atoms with Gasteiger partial charge in [0.1, 0.15) is 11.9 Å². The summed E-state index contributed by atoms with van der Waals surface area (Å²) < 4.78 is 5.34. The normalized spacial score (nSPS) is 14.6. The van der Waals surface area contributed by atoms with E-state index in [0.717, 1.165) is 24.5 Å². The molecule has 1 fully saturated rings. The maximum absolute atomic E-state index is 12.3. The Hall–Kier alpha value is -3.89. The van der Waals surface area contributed by atoms with Crippen LogP contribution in [0.1, 0.15) is 28.4 Å². The van der Waals surface area contributed by atoms with Crippen molar-refractivity contribution in [3.63, 3.8) is 0 Å². The summed E-state index contributed by atoms with van der Waals surface area (Å²) in [6, 6.07) is 8.91. The zero-order valence-corrected chi connectivity index (χ0v) is 18.0. The molecule has 9 heteroatoms. The van der Waals surface area contributed by atoms with Gasteiger partial charge in [-0.2, -0.15) is 0 Å². The number of nitrogens with zero attached hydrogens (tertiary/aromatic N) is 2. The number of hydrogen-bond donors (Lipinski definition) is 4. The Balaban J connectivity index is 1.58. The monoisotopic (exact) mass is 448 g/mol. The lowest BCUT2D eigenvalue weighted by Gasteiger charge is -2.27. The summed E-state index contributed by atoms with van der Waals surface area (Å²) in [5.74, 6) is 10.8. The molecule has 170 valence electrons. The van der Waals surface area contributed by atoms with Crippen molar-refractivity contribution in [2.24, 2.45) is 0 Å². The number of aliphatic hydroxyl groups excluding tert-OH is 1. The number of pyridine rings is 1. The summed E-state index contributed by atoms with van der Waals surface area (Å²) in [4.78, 5) is 30.4. The highest BCUT2D eigenvalue weighted by atomic mass is 16.5. The quantitative estimate of drug-likeness (QED) is 0.295. The van der Waals surface area contributed by atoms with E-state index in [0.29, 0.717) is 18.8 Å². The van der Waals surface area contributed by atoms with Crippen LogP contribution in [0.4, 0.5) is 5.82 Å². The van der Waals surface area contributed by atoms with Gasteiger partial charge in [-0.15, -0.1) is 0 Å². The molecule has 0 bridgehead atoms. The Kier molecular flexibility index (Phi) is 8.39. The van der Waals surface area contributed by atoms with E-state index in [4.69, 9.17) is 9.94 Å². The predicted molar refractivity (Wildman–Crippen MR) is 120 cm³/mol. The second kappa shape index (κ2) is 11.7. The van der Waals surface area contributed by atoms with Crippen LogP contribution in [-0.4, -0.2) is 65.6 Å². The molecule has 1 aromatic heterocycles. The molecule has 4 N–H and O–H groups in total. The molecule has 1 aliphatic heterocycles. The van der Waals surface area contributed by atoms with Gasteiger partial charge in [0.15, 0.2) is 0 Å². The lowest BCUT2D eigenvalue weighted by molar-refractivity contribution is -0.133. The van der Waals surface area contributed by atoms with Crippen LogP contribution < -0.4 is 15.7 Å².